The lowest BCUT2D eigenvalue weighted by Crippen LogP contribution is -2.63. The number of halogens is 1. The third-order valence-electron chi connectivity index (χ3n) is 10.6. The molecule has 3 heterocycles. The number of hydrogen-bond acceptors (Lipinski definition) is 13. The highest BCUT2D eigenvalue weighted by molar-refractivity contribution is 8.00. The van der Waals surface area contributed by atoms with Crippen LogP contribution in [-0.2, 0) is 44.5 Å². The lowest BCUT2D eigenvalue weighted by atomic mass is 9.83. The number of epoxide rings is 1. The van der Waals surface area contributed by atoms with E-state index in [-0.39, 0.29) is 22.9 Å². The number of aliphatic carboxylic acids is 1. The number of nitrogens with one attached hydrogen (secondary N) is 2. The molecule has 3 aliphatic rings. The predicted octanol–water partition coefficient (Wildman–Crippen LogP) is 2.37. The highest BCUT2D eigenvalue weighted by Gasteiger charge is 2.64. The number of likely N-dealkylation sites (N-methyl/N-ethyl adjacent to an activating group) is 1. The van der Waals surface area contributed by atoms with Gasteiger partial charge in [0.15, 0.2) is 5.72 Å². The van der Waals surface area contributed by atoms with E-state index in [9.17, 15) is 39.0 Å². The summed E-state index contributed by atoms with van der Waals surface area (Å²) in [5.41, 5.74) is 3.85. The number of carbonyl (C=O) groups is 6. The van der Waals surface area contributed by atoms with E-state index in [1.54, 1.807) is 38.1 Å². The number of carboxylic acid groups (broad SMARTS) is 1. The second-order valence-corrected chi connectivity index (χ2v) is 16.2. The minimum absolute atomic E-state index is 0.118. The number of nitrogens with two attached hydrogens (primary N) is 1. The summed E-state index contributed by atoms with van der Waals surface area (Å²) in [6.07, 6.45) is 0.124. The summed E-state index contributed by atoms with van der Waals surface area (Å²) in [7, 11) is 5.61. The second kappa shape index (κ2) is 19.0. The van der Waals surface area contributed by atoms with Gasteiger partial charge in [0.25, 0.3) is 0 Å². The standard InChI is InChI=1S/C38H52ClN5O13S/c1-19-10-9-11-27(54-8)38(52)16-26(55-36(51)42-38)20(2)32-37(4,57-32)28(15-30(46)44(6)24-13-22(12-19)14-25(53-7)31(24)39)56-34(49)21(3)43(5)35(50)41-23(33(47)48)17-58-18-29(40)45/h9-11,13-14,20-21,23,26-28,32,52H,12,15-18H2,1-8H3,(H2,40,45)(H,41,50)(H,42,51)(H,47,48)/b11-9+,19-10+/t20?,21-,23-,26?,27?,28?,32?,37?,38?/m0/s1. The van der Waals surface area contributed by atoms with Crippen LogP contribution in [0.5, 0.6) is 5.75 Å². The summed E-state index contributed by atoms with van der Waals surface area (Å²) in [6.45, 7) is 6.61. The first kappa shape index (κ1) is 46.1. The molecule has 18 nitrogen and oxygen atoms in total. The first-order valence-electron chi connectivity index (χ1n) is 18.4. The molecule has 9 atom stereocenters. The zero-order valence-corrected chi connectivity index (χ0v) is 35.2. The number of hydrogen-bond donors (Lipinski definition) is 5. The summed E-state index contributed by atoms with van der Waals surface area (Å²) in [6, 6.07) is -0.159. The van der Waals surface area contributed by atoms with Gasteiger partial charge < -0.3 is 54.7 Å². The Bertz CT molecular complexity index is 1830. The van der Waals surface area contributed by atoms with E-state index in [0.29, 0.717) is 17.9 Å². The smallest absolute Gasteiger partial charge is 0.409 e. The van der Waals surface area contributed by atoms with Gasteiger partial charge in [-0.1, -0.05) is 42.3 Å². The van der Waals surface area contributed by atoms with Crippen molar-refractivity contribution in [3.63, 3.8) is 0 Å². The highest BCUT2D eigenvalue weighted by atomic mass is 35.5. The van der Waals surface area contributed by atoms with Gasteiger partial charge in [-0.25, -0.2) is 19.2 Å². The Morgan fingerprint density at radius 2 is 1.93 bits per heavy atom. The van der Waals surface area contributed by atoms with Crippen molar-refractivity contribution in [2.75, 3.05) is 44.7 Å². The van der Waals surface area contributed by atoms with Gasteiger partial charge in [-0.3, -0.25) is 14.9 Å². The molecule has 2 saturated heterocycles. The van der Waals surface area contributed by atoms with E-state index in [2.05, 4.69) is 10.6 Å². The van der Waals surface area contributed by atoms with Crippen LogP contribution < -0.4 is 26.0 Å². The summed E-state index contributed by atoms with van der Waals surface area (Å²) >= 11 is 7.66. The molecule has 1 aromatic carbocycles. The monoisotopic (exact) mass is 853 g/mol. The van der Waals surface area contributed by atoms with Crippen molar-refractivity contribution in [1.29, 1.82) is 0 Å². The predicted molar refractivity (Wildman–Crippen MR) is 212 cm³/mol. The van der Waals surface area contributed by atoms with Crippen LogP contribution in [0.1, 0.15) is 46.1 Å². The van der Waals surface area contributed by atoms with E-state index in [4.69, 9.17) is 41.0 Å². The molecular formula is C38H52ClN5O13S. The summed E-state index contributed by atoms with van der Waals surface area (Å²) in [4.78, 5) is 79.2. The summed E-state index contributed by atoms with van der Waals surface area (Å²) in [5.74, 6) is -4.16. The average molecular weight is 854 g/mol. The number of aliphatic hydroxyl groups is 1. The number of carboxylic acids is 1. The number of methoxy groups -OCH3 is 2. The lowest BCUT2D eigenvalue weighted by Gasteiger charge is -2.42. The maximum absolute atomic E-state index is 14.2. The number of primary amides is 1. The average Bonchev–Trinajstić information content (AvgIpc) is 3.85. The van der Waals surface area contributed by atoms with Crippen LogP contribution in [0.15, 0.2) is 35.9 Å². The number of thioether (sulfide) groups is 1. The molecule has 58 heavy (non-hydrogen) atoms. The number of anilines is 1. The van der Waals surface area contributed by atoms with Crippen LogP contribution in [0, 0.1) is 5.92 Å². The fraction of sp³-hybridized carbons (Fsp3) is 0.579. The second-order valence-electron chi connectivity index (χ2n) is 14.8. The molecule has 0 saturated carbocycles. The summed E-state index contributed by atoms with van der Waals surface area (Å²) in [5, 5.41) is 26.3. The summed E-state index contributed by atoms with van der Waals surface area (Å²) < 4.78 is 29.0. The normalized spacial score (nSPS) is 29.9. The number of fused-ring (bicyclic) bond motifs is 5. The molecule has 0 spiro atoms. The highest BCUT2D eigenvalue weighted by Crippen LogP contribution is 2.49. The zero-order valence-electron chi connectivity index (χ0n) is 33.6. The van der Waals surface area contributed by atoms with Crippen molar-refractivity contribution in [2.45, 2.75) is 94.8 Å². The van der Waals surface area contributed by atoms with Crippen molar-refractivity contribution in [3.8, 4) is 5.75 Å². The first-order valence-corrected chi connectivity index (χ1v) is 19.9. The fourth-order valence-corrected chi connectivity index (χ4v) is 7.97. The number of ether oxygens (including phenoxy) is 5. The number of rotatable bonds is 11. The van der Waals surface area contributed by atoms with Crippen LogP contribution in [0.4, 0.5) is 15.3 Å². The topological polar surface area (TPSA) is 249 Å². The van der Waals surface area contributed by atoms with Crippen molar-refractivity contribution < 1.29 is 62.7 Å². The third-order valence-corrected chi connectivity index (χ3v) is 12.0. The first-order chi connectivity index (χ1) is 27.1. The van der Waals surface area contributed by atoms with Gasteiger partial charge in [-0.05, 0) is 44.9 Å². The fourth-order valence-electron chi connectivity index (χ4n) is 6.88. The zero-order chi connectivity index (χ0) is 43.3. The molecule has 2 fully saturated rings. The molecule has 5 amide bonds. The van der Waals surface area contributed by atoms with Crippen LogP contribution in [0.2, 0.25) is 5.02 Å². The Balaban J connectivity index is 1.70. The molecule has 7 unspecified atom stereocenters. The molecule has 3 aliphatic heterocycles. The van der Waals surface area contributed by atoms with Crippen molar-refractivity contribution in [2.24, 2.45) is 11.7 Å². The molecule has 4 bridgehead atoms. The minimum Gasteiger partial charge on any atom is -0.495 e. The minimum atomic E-state index is -1.89. The molecule has 20 heteroatoms. The Hall–Kier alpha value is -4.56. The third kappa shape index (κ3) is 10.7. The Morgan fingerprint density at radius 1 is 1.24 bits per heavy atom. The maximum Gasteiger partial charge on any atom is 0.409 e. The van der Waals surface area contributed by atoms with Crippen molar-refractivity contribution in [3.05, 3.63) is 46.5 Å². The quantitative estimate of drug-likeness (QED) is 0.159. The molecule has 6 N–H and O–H groups in total. The SMILES string of the molecule is COc1cc2cc(c1Cl)N(C)C(=O)CC(OC(=O)[C@H](C)N(C)C(=O)N[C@@H](CSCC(N)=O)C(=O)O)C1(C)OC1C(C)C1CC(O)(NC(=O)O1)C(OC)/C=C/C=C(\C)C2. The number of esters is 1. The molecule has 0 aromatic heterocycles. The van der Waals surface area contributed by atoms with Gasteiger partial charge in [0.05, 0.1) is 31.1 Å². The number of carbonyl (C=O) groups excluding carboxylic acids is 5. The molecule has 4 rings (SSSR count). The Morgan fingerprint density at radius 3 is 2.55 bits per heavy atom. The van der Waals surface area contributed by atoms with E-state index in [1.165, 1.54) is 40.1 Å². The maximum atomic E-state index is 14.2. The Kier molecular flexibility index (Phi) is 15.1. The number of urea groups is 1. The van der Waals surface area contributed by atoms with Crippen molar-refractivity contribution in [1.82, 2.24) is 15.5 Å². The number of amides is 5. The van der Waals surface area contributed by atoms with E-state index >= 15 is 0 Å². The molecule has 0 aliphatic carbocycles. The van der Waals surface area contributed by atoms with Crippen LogP contribution in [-0.4, -0.2) is 139 Å². The van der Waals surface area contributed by atoms with Crippen LogP contribution in [0.3, 0.4) is 0 Å². The van der Waals surface area contributed by atoms with Gasteiger partial charge >= 0.3 is 24.1 Å². The van der Waals surface area contributed by atoms with Gasteiger partial charge in [-0.2, -0.15) is 0 Å². The van der Waals surface area contributed by atoms with E-state index in [0.717, 1.165) is 27.8 Å². The van der Waals surface area contributed by atoms with Crippen LogP contribution >= 0.6 is 23.4 Å². The molecule has 0 radical (unpaired) electrons. The number of alkyl carbamates (subject to hydrolysis) is 1. The number of benzene rings is 1. The number of allylic oxidation sites excluding steroid dienone is 3. The van der Waals surface area contributed by atoms with Crippen molar-refractivity contribution >= 4 is 64.9 Å². The number of nitrogens with zero attached hydrogens (tertiary/aromatic N) is 2. The van der Waals surface area contributed by atoms with E-state index < -0.39 is 96.0 Å². The Labute approximate surface area is 345 Å². The molecule has 1 aromatic rings. The van der Waals surface area contributed by atoms with Gasteiger partial charge in [0.1, 0.15) is 46.8 Å². The van der Waals surface area contributed by atoms with Gasteiger partial charge in [0.2, 0.25) is 11.8 Å². The van der Waals surface area contributed by atoms with Crippen LogP contribution in [0.25, 0.3) is 0 Å². The largest absolute Gasteiger partial charge is 0.495 e. The molecular weight excluding hydrogens is 802 g/mol. The van der Waals surface area contributed by atoms with Gasteiger partial charge in [-0.15, -0.1) is 11.8 Å². The van der Waals surface area contributed by atoms with E-state index in [1.807, 2.05) is 13.0 Å². The lowest BCUT2D eigenvalue weighted by molar-refractivity contribution is -0.158. The van der Waals surface area contributed by atoms with Gasteiger partial charge in [0, 0.05) is 39.3 Å². The molecule has 320 valence electrons.